The molecule has 1 aliphatic rings. The molecule has 2 atom stereocenters. The number of nitrogens with zero attached hydrogens (tertiary/aromatic N) is 4. The fourth-order valence-corrected chi connectivity index (χ4v) is 3.16. The summed E-state index contributed by atoms with van der Waals surface area (Å²) < 4.78 is 18.4. The Balaban J connectivity index is 1.51. The van der Waals surface area contributed by atoms with E-state index in [-0.39, 0.29) is 24.1 Å². The third-order valence-electron chi connectivity index (χ3n) is 3.58. The van der Waals surface area contributed by atoms with E-state index in [9.17, 15) is 9.18 Å². The predicted octanol–water partition coefficient (Wildman–Crippen LogP) is 1.68. The highest BCUT2D eigenvalue weighted by Crippen LogP contribution is 2.27. The maximum absolute atomic E-state index is 12.8. The molecule has 0 bridgehead atoms. The van der Waals surface area contributed by atoms with Gasteiger partial charge in [-0.2, -0.15) is 0 Å². The third-order valence-corrected chi connectivity index (χ3v) is 4.47. The first kappa shape index (κ1) is 15.8. The Morgan fingerprint density at radius 3 is 2.83 bits per heavy atom. The Labute approximate surface area is 136 Å². The minimum absolute atomic E-state index is 0.0248. The quantitative estimate of drug-likeness (QED) is 0.894. The molecule has 1 N–H and O–H groups in total. The lowest BCUT2D eigenvalue weighted by molar-refractivity contribution is -0.114. The predicted molar refractivity (Wildman–Crippen MR) is 82.7 cm³/mol. The monoisotopic (exact) mass is 337 g/mol. The molecule has 2 aromatic rings. The van der Waals surface area contributed by atoms with Crippen molar-refractivity contribution in [2.45, 2.75) is 32.5 Å². The fourth-order valence-electron chi connectivity index (χ4n) is 2.28. The summed E-state index contributed by atoms with van der Waals surface area (Å²) >= 11 is 1.46. The minimum Gasteiger partial charge on any atom is -0.457 e. The molecule has 23 heavy (non-hydrogen) atoms. The van der Waals surface area contributed by atoms with Crippen molar-refractivity contribution in [2.24, 2.45) is 0 Å². The van der Waals surface area contributed by atoms with Gasteiger partial charge in [-0.25, -0.2) is 19.3 Å². The second-order valence-corrected chi connectivity index (χ2v) is 6.44. The number of anilines is 1. The number of nitrogens with one attached hydrogen (secondary N) is 1. The van der Waals surface area contributed by atoms with Crippen molar-refractivity contribution in [3.63, 3.8) is 0 Å². The second-order valence-electron chi connectivity index (χ2n) is 5.32. The third kappa shape index (κ3) is 3.80. The van der Waals surface area contributed by atoms with Crippen LogP contribution in [-0.4, -0.2) is 44.4 Å². The molecule has 3 heterocycles. The van der Waals surface area contributed by atoms with Gasteiger partial charge in [-0.3, -0.25) is 9.69 Å². The first-order valence-electron chi connectivity index (χ1n) is 7.12. The maximum Gasteiger partial charge on any atom is 0.316 e. The standard InChI is InChI=1S/C14H16FN5O2S/c1-8-12(22-13-16-3-10(15)4-17-13)7-20(8)6-11-5-18-14(23-11)19-9(2)21/h3-5,8,12H,6-7H2,1-2H3,(H,18,19,21)/t8-,12+/m1/s1. The van der Waals surface area contributed by atoms with Crippen LogP contribution in [0.3, 0.4) is 0 Å². The summed E-state index contributed by atoms with van der Waals surface area (Å²) in [5, 5.41) is 3.27. The first-order chi connectivity index (χ1) is 11.0. The Kier molecular flexibility index (Phi) is 4.49. The lowest BCUT2D eigenvalue weighted by atomic mass is 10.0. The molecule has 0 aliphatic carbocycles. The highest BCUT2D eigenvalue weighted by molar-refractivity contribution is 7.15. The van der Waals surface area contributed by atoms with E-state index in [4.69, 9.17) is 4.74 Å². The number of ether oxygens (including phenoxy) is 1. The smallest absolute Gasteiger partial charge is 0.316 e. The van der Waals surface area contributed by atoms with Crippen molar-refractivity contribution in [3.05, 3.63) is 29.3 Å². The van der Waals surface area contributed by atoms with Gasteiger partial charge in [-0.05, 0) is 6.92 Å². The van der Waals surface area contributed by atoms with E-state index in [1.54, 1.807) is 6.20 Å². The van der Waals surface area contributed by atoms with Gasteiger partial charge in [0.05, 0.1) is 12.4 Å². The highest BCUT2D eigenvalue weighted by atomic mass is 32.1. The van der Waals surface area contributed by atoms with E-state index in [0.717, 1.165) is 30.4 Å². The molecule has 1 amide bonds. The molecule has 1 aliphatic heterocycles. The number of carbonyl (C=O) groups is 1. The highest BCUT2D eigenvalue weighted by Gasteiger charge is 2.37. The van der Waals surface area contributed by atoms with Gasteiger partial charge in [0.2, 0.25) is 5.91 Å². The van der Waals surface area contributed by atoms with E-state index >= 15 is 0 Å². The maximum atomic E-state index is 12.8. The summed E-state index contributed by atoms with van der Waals surface area (Å²) in [6, 6.07) is 0.378. The van der Waals surface area contributed by atoms with Gasteiger partial charge in [-0.1, -0.05) is 0 Å². The normalized spacial score (nSPS) is 20.8. The minimum atomic E-state index is -0.485. The largest absolute Gasteiger partial charge is 0.457 e. The van der Waals surface area contributed by atoms with E-state index in [1.807, 2.05) is 6.92 Å². The zero-order chi connectivity index (χ0) is 16.4. The number of thiazole rings is 1. The molecule has 0 unspecified atom stereocenters. The van der Waals surface area contributed by atoms with Crippen molar-refractivity contribution in [3.8, 4) is 6.01 Å². The van der Waals surface area contributed by atoms with Crippen LogP contribution in [0.2, 0.25) is 0 Å². The molecule has 1 fully saturated rings. The molecule has 7 nitrogen and oxygen atoms in total. The van der Waals surface area contributed by atoms with Crippen LogP contribution in [0.15, 0.2) is 18.6 Å². The number of hydrogen-bond donors (Lipinski definition) is 1. The summed E-state index contributed by atoms with van der Waals surface area (Å²) in [5.74, 6) is -0.614. The van der Waals surface area contributed by atoms with Gasteiger partial charge in [0, 0.05) is 37.1 Å². The average molecular weight is 337 g/mol. The van der Waals surface area contributed by atoms with Crippen molar-refractivity contribution in [1.82, 2.24) is 19.9 Å². The summed E-state index contributed by atoms with van der Waals surface area (Å²) in [6.45, 7) is 4.98. The number of rotatable bonds is 5. The molecule has 1 saturated heterocycles. The molecule has 9 heteroatoms. The van der Waals surface area contributed by atoms with Gasteiger partial charge in [0.15, 0.2) is 10.9 Å². The van der Waals surface area contributed by atoms with Crippen LogP contribution in [0.4, 0.5) is 9.52 Å². The molecule has 3 rings (SSSR count). The second kappa shape index (κ2) is 6.55. The van der Waals surface area contributed by atoms with Crippen molar-refractivity contribution >= 4 is 22.4 Å². The fraction of sp³-hybridized carbons (Fsp3) is 0.429. The van der Waals surface area contributed by atoms with Crippen molar-refractivity contribution in [2.75, 3.05) is 11.9 Å². The number of halogens is 1. The van der Waals surface area contributed by atoms with Crippen LogP contribution in [0.25, 0.3) is 0 Å². The average Bonchev–Trinajstić information content (AvgIpc) is 2.94. The van der Waals surface area contributed by atoms with Gasteiger partial charge >= 0.3 is 6.01 Å². The Hall–Kier alpha value is -2.13. The molecule has 0 aromatic carbocycles. The number of carbonyl (C=O) groups excluding carboxylic acids is 1. The van der Waals surface area contributed by atoms with Crippen LogP contribution >= 0.6 is 11.3 Å². The molecule has 0 spiro atoms. The van der Waals surface area contributed by atoms with Crippen LogP contribution in [0, 0.1) is 5.82 Å². The van der Waals surface area contributed by atoms with Crippen molar-refractivity contribution < 1.29 is 13.9 Å². The van der Waals surface area contributed by atoms with E-state index in [2.05, 4.69) is 25.2 Å². The zero-order valence-electron chi connectivity index (χ0n) is 12.7. The lowest BCUT2D eigenvalue weighted by Gasteiger charge is -2.45. The number of likely N-dealkylation sites (tertiary alicyclic amines) is 1. The number of amides is 1. The van der Waals surface area contributed by atoms with E-state index in [0.29, 0.717) is 5.13 Å². The summed E-state index contributed by atoms with van der Waals surface area (Å²) in [6.07, 6.45) is 3.91. The Morgan fingerprint density at radius 2 is 2.17 bits per heavy atom. The first-order valence-corrected chi connectivity index (χ1v) is 7.93. The van der Waals surface area contributed by atoms with Gasteiger partial charge in [0.1, 0.15) is 6.10 Å². The molecule has 0 radical (unpaired) electrons. The molecule has 0 saturated carbocycles. The molecular formula is C14H16FN5O2S. The lowest BCUT2D eigenvalue weighted by Crippen LogP contribution is -2.60. The molecule has 122 valence electrons. The molecular weight excluding hydrogens is 321 g/mol. The van der Waals surface area contributed by atoms with Gasteiger partial charge in [0.25, 0.3) is 0 Å². The zero-order valence-corrected chi connectivity index (χ0v) is 13.5. The molecule has 2 aromatic heterocycles. The summed E-state index contributed by atoms with van der Waals surface area (Å²) in [5.41, 5.74) is 0. The topological polar surface area (TPSA) is 80.2 Å². The Bertz CT molecular complexity index is 693. The van der Waals surface area contributed by atoms with Crippen LogP contribution in [-0.2, 0) is 11.3 Å². The van der Waals surface area contributed by atoms with Crippen LogP contribution < -0.4 is 10.1 Å². The van der Waals surface area contributed by atoms with Crippen LogP contribution in [0.1, 0.15) is 18.7 Å². The number of aromatic nitrogens is 3. The Morgan fingerprint density at radius 1 is 1.43 bits per heavy atom. The van der Waals surface area contributed by atoms with Gasteiger partial charge < -0.3 is 10.1 Å². The summed E-state index contributed by atoms with van der Waals surface area (Å²) in [4.78, 5) is 26.0. The summed E-state index contributed by atoms with van der Waals surface area (Å²) in [7, 11) is 0. The van der Waals surface area contributed by atoms with Crippen LogP contribution in [0.5, 0.6) is 6.01 Å². The van der Waals surface area contributed by atoms with E-state index < -0.39 is 5.82 Å². The van der Waals surface area contributed by atoms with Crippen molar-refractivity contribution in [1.29, 1.82) is 0 Å². The number of hydrogen-bond acceptors (Lipinski definition) is 7. The van der Waals surface area contributed by atoms with Gasteiger partial charge in [-0.15, -0.1) is 11.3 Å². The van der Waals surface area contributed by atoms with E-state index in [1.165, 1.54) is 18.3 Å². The SMILES string of the molecule is CC(=O)Nc1ncc(CN2C[C@H](Oc3ncc(F)cn3)[C@H]2C)s1.